The van der Waals surface area contributed by atoms with Crippen LogP contribution in [-0.2, 0) is 0 Å². The summed E-state index contributed by atoms with van der Waals surface area (Å²) < 4.78 is 17.9. The molecule has 3 aromatic heterocycles. The predicted molar refractivity (Wildman–Crippen MR) is 107 cm³/mol. The second-order valence-corrected chi connectivity index (χ2v) is 7.58. The third-order valence-corrected chi connectivity index (χ3v) is 5.51. The Morgan fingerprint density at radius 3 is 2.54 bits per heavy atom. The number of nitrogens with zero attached hydrogens (tertiary/aromatic N) is 4. The van der Waals surface area contributed by atoms with Crippen molar-refractivity contribution in [2.45, 2.75) is 26.7 Å². The van der Waals surface area contributed by atoms with Crippen molar-refractivity contribution in [3.05, 3.63) is 51.6 Å². The molecule has 26 heavy (non-hydrogen) atoms. The molecule has 0 radical (unpaired) electrons. The molecule has 0 N–H and O–H groups in total. The van der Waals surface area contributed by atoms with Gasteiger partial charge >= 0.3 is 0 Å². The van der Waals surface area contributed by atoms with Gasteiger partial charge in [-0.15, -0.1) is 0 Å². The summed E-state index contributed by atoms with van der Waals surface area (Å²) in [7, 11) is 0. The average molecular weight is 462 g/mol. The number of carbonyl (C=O) groups is 1. The molecule has 3 heterocycles. The van der Waals surface area contributed by atoms with Crippen LogP contribution in [0.1, 0.15) is 37.2 Å². The molecule has 0 saturated carbocycles. The number of pyridine rings is 1. The van der Waals surface area contributed by atoms with Crippen LogP contribution in [0.2, 0.25) is 0 Å². The van der Waals surface area contributed by atoms with E-state index in [2.05, 4.69) is 46.1 Å². The maximum absolute atomic E-state index is 13.4. The molecule has 0 amide bonds. The van der Waals surface area contributed by atoms with Crippen molar-refractivity contribution in [3.63, 3.8) is 0 Å². The number of halogens is 2. The third kappa shape index (κ3) is 2.53. The molecule has 0 bridgehead atoms. The van der Waals surface area contributed by atoms with Crippen LogP contribution in [0.15, 0.2) is 36.5 Å². The Kier molecular flexibility index (Phi) is 4.06. The van der Waals surface area contributed by atoms with Crippen molar-refractivity contribution < 1.29 is 9.18 Å². The summed E-state index contributed by atoms with van der Waals surface area (Å²) in [6.07, 6.45) is 1.60. The van der Waals surface area contributed by atoms with Crippen molar-refractivity contribution in [1.29, 1.82) is 0 Å². The second kappa shape index (κ2) is 6.15. The van der Waals surface area contributed by atoms with Crippen molar-refractivity contribution in [3.8, 4) is 5.69 Å². The van der Waals surface area contributed by atoms with Gasteiger partial charge in [-0.25, -0.2) is 9.37 Å². The highest BCUT2D eigenvalue weighted by molar-refractivity contribution is 14.1. The molecule has 4 aromatic rings. The number of fused-ring (bicyclic) bond motifs is 2. The lowest BCUT2D eigenvalue weighted by Gasteiger charge is -2.13. The van der Waals surface area contributed by atoms with Gasteiger partial charge in [-0.2, -0.15) is 9.78 Å². The quantitative estimate of drug-likeness (QED) is 0.398. The van der Waals surface area contributed by atoms with Crippen LogP contribution < -0.4 is 0 Å². The molecule has 4 rings (SSSR count). The number of carbonyl (C=O) groups excluding carboxylic acids is 1. The summed E-state index contributed by atoms with van der Waals surface area (Å²) >= 11 is 2.32. The molecule has 0 unspecified atom stereocenters. The second-order valence-electron chi connectivity index (χ2n) is 6.51. The predicted octanol–water partition coefficient (Wildman–Crippen LogP) is 4.90. The van der Waals surface area contributed by atoms with Gasteiger partial charge in [0.05, 0.1) is 11.7 Å². The topological polar surface area (TPSA) is 52.7 Å². The molecule has 0 spiro atoms. The van der Waals surface area contributed by atoms with E-state index in [9.17, 15) is 9.18 Å². The lowest BCUT2D eigenvalue weighted by molar-refractivity contribution is 0.0927. The zero-order valence-electron chi connectivity index (χ0n) is 14.5. The van der Waals surface area contributed by atoms with Crippen LogP contribution in [0.5, 0.6) is 0 Å². The van der Waals surface area contributed by atoms with E-state index in [1.807, 2.05) is 6.07 Å². The largest absolute Gasteiger partial charge is 0.297 e. The Bertz CT molecular complexity index is 1160. The number of aromatic nitrogens is 4. The maximum atomic E-state index is 13.4. The van der Waals surface area contributed by atoms with E-state index in [1.165, 1.54) is 23.7 Å². The SMILES string of the molecule is CC(=O)n1ncc2nc3c(cc21)c(I)c(C(C)C)n3-c1ccc(F)cc1. The van der Waals surface area contributed by atoms with Crippen LogP contribution >= 0.6 is 22.6 Å². The molecule has 0 aliphatic rings. The summed E-state index contributed by atoms with van der Waals surface area (Å²) in [5.41, 5.74) is 4.08. The van der Waals surface area contributed by atoms with Crippen molar-refractivity contribution >= 4 is 50.6 Å². The number of benzene rings is 1. The van der Waals surface area contributed by atoms with Crippen LogP contribution in [0.3, 0.4) is 0 Å². The zero-order chi connectivity index (χ0) is 18.6. The van der Waals surface area contributed by atoms with E-state index in [0.29, 0.717) is 11.0 Å². The van der Waals surface area contributed by atoms with E-state index in [-0.39, 0.29) is 17.6 Å². The Morgan fingerprint density at radius 2 is 1.92 bits per heavy atom. The van der Waals surface area contributed by atoms with Gasteiger partial charge in [-0.1, -0.05) is 13.8 Å². The van der Waals surface area contributed by atoms with Gasteiger partial charge in [-0.3, -0.25) is 9.36 Å². The molecular formula is C19H16FIN4O. The fourth-order valence-electron chi connectivity index (χ4n) is 3.24. The average Bonchev–Trinajstić information content (AvgIpc) is 3.13. The normalized spacial score (nSPS) is 11.8. The molecular weight excluding hydrogens is 446 g/mol. The van der Waals surface area contributed by atoms with Gasteiger partial charge in [0.15, 0.2) is 0 Å². The maximum Gasteiger partial charge on any atom is 0.244 e. The summed E-state index contributed by atoms with van der Waals surface area (Å²) in [6.45, 7) is 5.71. The Hall–Kier alpha value is -2.29. The van der Waals surface area contributed by atoms with Gasteiger partial charge in [-0.05, 0) is 58.8 Å². The van der Waals surface area contributed by atoms with E-state index in [0.717, 1.165) is 26.0 Å². The Labute approximate surface area is 163 Å². The molecule has 0 aliphatic carbocycles. The Balaban J connectivity index is 2.12. The summed E-state index contributed by atoms with van der Waals surface area (Å²) in [5.74, 6) is -0.184. The molecule has 0 saturated heterocycles. The van der Waals surface area contributed by atoms with Crippen LogP contribution in [-0.4, -0.2) is 25.2 Å². The standard InChI is InChI=1S/C19H16FIN4O/c1-10(2)18-17(21)14-8-16-15(9-22-25(16)11(3)26)23-19(14)24(18)13-6-4-12(20)5-7-13/h4-10H,1-3H3. The van der Waals surface area contributed by atoms with E-state index < -0.39 is 0 Å². The fraction of sp³-hybridized carbons (Fsp3) is 0.211. The minimum atomic E-state index is -0.274. The number of hydrogen-bond acceptors (Lipinski definition) is 3. The fourth-order valence-corrected chi connectivity index (χ4v) is 4.50. The summed E-state index contributed by atoms with van der Waals surface area (Å²) in [6, 6.07) is 8.36. The van der Waals surface area contributed by atoms with Gasteiger partial charge < -0.3 is 0 Å². The number of rotatable bonds is 2. The molecule has 1 aromatic carbocycles. The molecule has 0 fully saturated rings. The smallest absolute Gasteiger partial charge is 0.244 e. The molecule has 0 atom stereocenters. The molecule has 7 heteroatoms. The minimum absolute atomic E-state index is 0.154. The van der Waals surface area contributed by atoms with Gasteiger partial charge in [0.25, 0.3) is 0 Å². The highest BCUT2D eigenvalue weighted by atomic mass is 127. The molecule has 132 valence electrons. The molecule has 0 aliphatic heterocycles. The first-order valence-electron chi connectivity index (χ1n) is 8.24. The third-order valence-electron chi connectivity index (χ3n) is 4.38. The summed E-state index contributed by atoms with van der Waals surface area (Å²) in [5, 5.41) is 5.09. The van der Waals surface area contributed by atoms with Crippen LogP contribution in [0.25, 0.3) is 27.8 Å². The lowest BCUT2D eigenvalue weighted by atomic mass is 10.1. The Morgan fingerprint density at radius 1 is 1.23 bits per heavy atom. The van der Waals surface area contributed by atoms with Crippen molar-refractivity contribution in [1.82, 2.24) is 19.3 Å². The number of hydrogen-bond donors (Lipinski definition) is 0. The highest BCUT2D eigenvalue weighted by Crippen LogP contribution is 2.35. The minimum Gasteiger partial charge on any atom is -0.297 e. The van der Waals surface area contributed by atoms with Crippen molar-refractivity contribution in [2.75, 3.05) is 0 Å². The first-order chi connectivity index (χ1) is 12.4. The van der Waals surface area contributed by atoms with Gasteiger partial charge in [0.2, 0.25) is 5.91 Å². The van der Waals surface area contributed by atoms with E-state index in [4.69, 9.17) is 4.98 Å². The molecule has 5 nitrogen and oxygen atoms in total. The first-order valence-corrected chi connectivity index (χ1v) is 9.32. The van der Waals surface area contributed by atoms with Crippen LogP contribution in [0, 0.1) is 9.39 Å². The van der Waals surface area contributed by atoms with Crippen molar-refractivity contribution in [2.24, 2.45) is 0 Å². The van der Waals surface area contributed by atoms with E-state index >= 15 is 0 Å². The zero-order valence-corrected chi connectivity index (χ0v) is 16.7. The highest BCUT2D eigenvalue weighted by Gasteiger charge is 2.22. The summed E-state index contributed by atoms with van der Waals surface area (Å²) in [4.78, 5) is 16.6. The first kappa shape index (κ1) is 17.1. The lowest BCUT2D eigenvalue weighted by Crippen LogP contribution is -2.06. The van der Waals surface area contributed by atoms with Crippen LogP contribution in [0.4, 0.5) is 4.39 Å². The van der Waals surface area contributed by atoms with Gasteiger partial charge in [0.1, 0.15) is 17.0 Å². The van der Waals surface area contributed by atoms with E-state index in [1.54, 1.807) is 18.3 Å². The monoisotopic (exact) mass is 462 g/mol. The van der Waals surface area contributed by atoms with Gasteiger partial charge in [0, 0.05) is 27.3 Å².